The molecule has 2 unspecified atom stereocenters. The van der Waals surface area contributed by atoms with Crippen LogP contribution < -0.4 is 10.6 Å². The van der Waals surface area contributed by atoms with Crippen molar-refractivity contribution in [3.63, 3.8) is 0 Å². The van der Waals surface area contributed by atoms with E-state index in [4.69, 9.17) is 4.74 Å². The number of amides is 3. The maximum Gasteiger partial charge on any atom is 0.245 e. The Balaban J connectivity index is 1.60. The van der Waals surface area contributed by atoms with Crippen molar-refractivity contribution >= 4 is 17.7 Å². The first kappa shape index (κ1) is 25.6. The molecule has 0 aromatic heterocycles. The van der Waals surface area contributed by atoms with Gasteiger partial charge < -0.3 is 25.4 Å². The molecule has 6 atom stereocenters. The minimum absolute atomic E-state index is 0.0582. The van der Waals surface area contributed by atoms with Gasteiger partial charge >= 0.3 is 0 Å². The smallest absolute Gasteiger partial charge is 0.245 e. The Morgan fingerprint density at radius 2 is 1.91 bits per heavy atom. The van der Waals surface area contributed by atoms with Crippen molar-refractivity contribution in [2.45, 2.75) is 83.2 Å². The minimum atomic E-state index is -1.03. The molecule has 0 aliphatic carbocycles. The number of aliphatic hydroxyl groups is 1. The molecular weight excluding hydrogens is 446 g/mol. The van der Waals surface area contributed by atoms with Crippen molar-refractivity contribution in [1.82, 2.24) is 15.5 Å². The predicted molar refractivity (Wildman–Crippen MR) is 131 cm³/mol. The Kier molecular flexibility index (Phi) is 7.81. The predicted octanol–water partition coefficient (Wildman–Crippen LogP) is 2.00. The second kappa shape index (κ2) is 10.7. The number of fused-ring (bicyclic) bond motifs is 1. The van der Waals surface area contributed by atoms with Gasteiger partial charge in [-0.25, -0.2) is 0 Å². The molecule has 1 aromatic rings. The Hall–Kier alpha value is -2.45. The third-order valence-corrected chi connectivity index (χ3v) is 7.99. The van der Waals surface area contributed by atoms with E-state index in [1.54, 1.807) is 4.90 Å². The van der Waals surface area contributed by atoms with Gasteiger partial charge in [-0.1, -0.05) is 63.9 Å². The zero-order chi connectivity index (χ0) is 25.2. The number of carbonyl (C=O) groups excluding carboxylic acids is 3. The average molecular weight is 486 g/mol. The van der Waals surface area contributed by atoms with Gasteiger partial charge in [0.25, 0.3) is 0 Å². The molecule has 3 fully saturated rings. The van der Waals surface area contributed by atoms with E-state index >= 15 is 0 Å². The molecule has 8 heteroatoms. The van der Waals surface area contributed by atoms with E-state index in [9.17, 15) is 19.5 Å². The molecule has 4 rings (SSSR count). The number of nitrogens with zero attached hydrogens (tertiary/aromatic N) is 1. The number of carbonyl (C=O) groups is 3. The Bertz CT molecular complexity index is 923. The number of benzene rings is 1. The van der Waals surface area contributed by atoms with E-state index in [0.29, 0.717) is 25.9 Å². The summed E-state index contributed by atoms with van der Waals surface area (Å²) < 4.78 is 6.44. The second-order valence-electron chi connectivity index (χ2n) is 10.5. The van der Waals surface area contributed by atoms with Crippen LogP contribution in [0.1, 0.15) is 58.4 Å². The summed E-state index contributed by atoms with van der Waals surface area (Å²) in [6.45, 7) is 6.61. The molecule has 3 N–H and O–H groups in total. The third-order valence-electron chi connectivity index (χ3n) is 7.99. The molecule has 8 nitrogen and oxygen atoms in total. The summed E-state index contributed by atoms with van der Waals surface area (Å²) in [6.07, 6.45) is 3.71. The standard InChI is InChI=1S/C27H39N3O5/c1-4-5-9-14-28-25(33)23-27-13-12-20(35-27)21(24(32)29-15-18-10-7-6-8-11-18)22(27)26(34)30(23)19(16-31)17(2)3/h6-8,10-11,17,19-23,31H,4-5,9,12-16H2,1-3H3,(H,28,33)(H,29,32)/t19-,20+,21-,22-,23?,27?/m0/s1. The van der Waals surface area contributed by atoms with Crippen LogP contribution in [0.2, 0.25) is 0 Å². The van der Waals surface area contributed by atoms with E-state index in [1.165, 1.54) is 0 Å². The molecule has 1 aromatic carbocycles. The number of hydrogen-bond acceptors (Lipinski definition) is 5. The summed E-state index contributed by atoms with van der Waals surface area (Å²) in [6, 6.07) is 8.26. The molecule has 3 aliphatic rings. The first-order valence-electron chi connectivity index (χ1n) is 13.1. The molecule has 3 amide bonds. The Labute approximate surface area is 207 Å². The third kappa shape index (κ3) is 4.58. The quantitative estimate of drug-likeness (QED) is 0.416. The maximum atomic E-state index is 13.9. The van der Waals surface area contributed by atoms with Gasteiger partial charge in [-0.05, 0) is 30.7 Å². The fourth-order valence-electron chi connectivity index (χ4n) is 6.25. The van der Waals surface area contributed by atoms with Gasteiger partial charge in [0.2, 0.25) is 17.7 Å². The number of aliphatic hydroxyl groups excluding tert-OH is 1. The van der Waals surface area contributed by atoms with Crippen LogP contribution in [0.4, 0.5) is 0 Å². The van der Waals surface area contributed by atoms with Crippen LogP contribution in [-0.4, -0.2) is 64.7 Å². The van der Waals surface area contributed by atoms with E-state index in [-0.39, 0.29) is 36.4 Å². The molecule has 35 heavy (non-hydrogen) atoms. The van der Waals surface area contributed by atoms with Gasteiger partial charge in [0.05, 0.1) is 30.6 Å². The van der Waals surface area contributed by atoms with E-state index in [2.05, 4.69) is 17.6 Å². The molecule has 3 saturated heterocycles. The molecule has 1 spiro atoms. The van der Waals surface area contributed by atoms with Crippen molar-refractivity contribution in [3.8, 4) is 0 Å². The van der Waals surface area contributed by atoms with Gasteiger partial charge in [-0.15, -0.1) is 0 Å². The molecule has 3 aliphatic heterocycles. The number of ether oxygens (including phenoxy) is 1. The molecule has 3 heterocycles. The van der Waals surface area contributed by atoms with Crippen LogP contribution in [-0.2, 0) is 25.7 Å². The fourth-order valence-corrected chi connectivity index (χ4v) is 6.25. The van der Waals surface area contributed by atoms with Crippen LogP contribution in [0.3, 0.4) is 0 Å². The van der Waals surface area contributed by atoms with Crippen LogP contribution in [0.25, 0.3) is 0 Å². The van der Waals surface area contributed by atoms with Crippen molar-refractivity contribution in [2.24, 2.45) is 17.8 Å². The van der Waals surface area contributed by atoms with Crippen LogP contribution in [0.15, 0.2) is 30.3 Å². The van der Waals surface area contributed by atoms with Gasteiger partial charge in [0, 0.05) is 13.1 Å². The normalized spacial score (nSPS) is 30.0. The highest BCUT2D eigenvalue weighted by Gasteiger charge is 2.75. The lowest BCUT2D eigenvalue weighted by Crippen LogP contribution is -2.59. The summed E-state index contributed by atoms with van der Waals surface area (Å²) in [4.78, 5) is 42.4. The number of nitrogens with one attached hydrogen (secondary N) is 2. The van der Waals surface area contributed by atoms with Gasteiger partial charge in [0.15, 0.2) is 0 Å². The van der Waals surface area contributed by atoms with Gasteiger partial charge in [-0.3, -0.25) is 14.4 Å². The van der Waals surface area contributed by atoms with Crippen LogP contribution in [0.5, 0.6) is 0 Å². The second-order valence-corrected chi connectivity index (χ2v) is 10.5. The van der Waals surface area contributed by atoms with Crippen LogP contribution >= 0.6 is 0 Å². The van der Waals surface area contributed by atoms with E-state index in [0.717, 1.165) is 24.8 Å². The zero-order valence-corrected chi connectivity index (χ0v) is 21.0. The first-order valence-corrected chi connectivity index (χ1v) is 13.1. The molecule has 0 saturated carbocycles. The highest BCUT2D eigenvalue weighted by molar-refractivity contribution is 5.99. The largest absolute Gasteiger partial charge is 0.394 e. The molecule has 0 radical (unpaired) electrons. The number of unbranched alkanes of at least 4 members (excludes halogenated alkanes) is 2. The minimum Gasteiger partial charge on any atom is -0.394 e. The summed E-state index contributed by atoms with van der Waals surface area (Å²) in [7, 11) is 0. The summed E-state index contributed by atoms with van der Waals surface area (Å²) in [5.41, 5.74) is -0.0586. The number of rotatable bonds is 11. The van der Waals surface area contributed by atoms with E-state index in [1.807, 2.05) is 44.2 Å². The van der Waals surface area contributed by atoms with E-state index < -0.39 is 29.5 Å². The first-order chi connectivity index (χ1) is 16.9. The fraction of sp³-hybridized carbons (Fsp3) is 0.667. The van der Waals surface area contributed by atoms with Crippen LogP contribution in [0, 0.1) is 17.8 Å². The van der Waals surface area contributed by atoms with Crippen molar-refractivity contribution in [1.29, 1.82) is 0 Å². The Morgan fingerprint density at radius 3 is 2.57 bits per heavy atom. The number of hydrogen-bond donors (Lipinski definition) is 3. The SMILES string of the molecule is CCCCCNC(=O)C1N([C@@H](CO)C(C)C)C(=O)[C@@H]2[C@@H](C(=O)NCc3ccccc3)[C@H]3CCC12O3. The lowest BCUT2D eigenvalue weighted by molar-refractivity contribution is -0.146. The highest BCUT2D eigenvalue weighted by atomic mass is 16.5. The summed E-state index contributed by atoms with van der Waals surface area (Å²) >= 11 is 0. The highest BCUT2D eigenvalue weighted by Crippen LogP contribution is 2.59. The van der Waals surface area contributed by atoms with Gasteiger partial charge in [0.1, 0.15) is 11.6 Å². The van der Waals surface area contributed by atoms with Crippen molar-refractivity contribution in [3.05, 3.63) is 35.9 Å². The number of likely N-dealkylation sites (tertiary alicyclic amines) is 1. The zero-order valence-electron chi connectivity index (χ0n) is 21.0. The summed E-state index contributed by atoms with van der Waals surface area (Å²) in [5.74, 6) is -2.15. The van der Waals surface area contributed by atoms with Crippen molar-refractivity contribution < 1.29 is 24.2 Å². The van der Waals surface area contributed by atoms with Gasteiger partial charge in [-0.2, -0.15) is 0 Å². The molecule has 192 valence electrons. The average Bonchev–Trinajstić information content (AvgIpc) is 3.49. The lowest BCUT2D eigenvalue weighted by atomic mass is 9.70. The maximum absolute atomic E-state index is 13.9. The summed E-state index contributed by atoms with van der Waals surface area (Å²) in [5, 5.41) is 16.2. The monoisotopic (exact) mass is 485 g/mol. The Morgan fingerprint density at radius 1 is 1.17 bits per heavy atom. The molecule has 2 bridgehead atoms. The lowest BCUT2D eigenvalue weighted by Gasteiger charge is -2.38. The topological polar surface area (TPSA) is 108 Å². The van der Waals surface area contributed by atoms with Crippen molar-refractivity contribution in [2.75, 3.05) is 13.2 Å². The molecular formula is C27H39N3O5.